The Labute approximate surface area is 146 Å². The Morgan fingerprint density at radius 2 is 2.08 bits per heavy atom. The largest absolute Gasteiger partial charge is 0.478 e. The van der Waals surface area contributed by atoms with E-state index in [1.807, 2.05) is 0 Å². The summed E-state index contributed by atoms with van der Waals surface area (Å²) < 4.78 is 19.6. The first-order valence-corrected chi connectivity index (χ1v) is 8.37. The second-order valence-electron chi connectivity index (χ2n) is 5.42. The minimum Gasteiger partial charge on any atom is -0.478 e. The van der Waals surface area contributed by atoms with Gasteiger partial charge in [0.1, 0.15) is 16.5 Å². The molecule has 0 saturated carbocycles. The number of hydrogen-bond acceptors (Lipinski definition) is 5. The Morgan fingerprint density at radius 1 is 1.36 bits per heavy atom. The Bertz CT molecular complexity index is 979. The van der Waals surface area contributed by atoms with Crippen molar-refractivity contribution in [2.24, 2.45) is 0 Å². The van der Waals surface area contributed by atoms with E-state index >= 15 is 0 Å². The van der Waals surface area contributed by atoms with Crippen LogP contribution in [0.1, 0.15) is 21.7 Å². The topological polar surface area (TPSA) is 81.4 Å². The molecule has 130 valence electrons. The van der Waals surface area contributed by atoms with Crippen molar-refractivity contribution in [2.75, 3.05) is 13.7 Å². The third-order valence-electron chi connectivity index (χ3n) is 3.79. The fourth-order valence-electron chi connectivity index (χ4n) is 2.54. The third-order valence-corrected chi connectivity index (χ3v) is 4.66. The third kappa shape index (κ3) is 3.45. The number of hydrogen-bond donors (Lipinski definition) is 1. The summed E-state index contributed by atoms with van der Waals surface area (Å²) in [4.78, 5) is 29.1. The van der Waals surface area contributed by atoms with Crippen molar-refractivity contribution in [2.45, 2.75) is 13.0 Å². The Kier molecular flexibility index (Phi) is 4.91. The molecule has 2 aromatic heterocycles. The van der Waals surface area contributed by atoms with Crippen LogP contribution < -0.4 is 5.56 Å². The first-order valence-electron chi connectivity index (χ1n) is 7.49. The van der Waals surface area contributed by atoms with Crippen LogP contribution >= 0.6 is 11.3 Å². The quantitative estimate of drug-likeness (QED) is 0.729. The van der Waals surface area contributed by atoms with Crippen molar-refractivity contribution in [3.63, 3.8) is 0 Å². The standard InChI is InChI=1S/C17H15FN2O4S/c1-24-7-6-13-19-15-14(12(9-25-15)17(22)23)16(21)20(13)8-10-2-4-11(18)5-3-10/h2-5,9H,6-8H2,1H3,(H,22,23). The van der Waals surface area contributed by atoms with Crippen LogP contribution in [-0.4, -0.2) is 34.3 Å². The molecule has 1 N–H and O–H groups in total. The van der Waals surface area contributed by atoms with Crippen LogP contribution in [0.15, 0.2) is 34.4 Å². The highest BCUT2D eigenvalue weighted by atomic mass is 32.1. The number of benzene rings is 1. The predicted molar refractivity (Wildman–Crippen MR) is 91.9 cm³/mol. The van der Waals surface area contributed by atoms with Gasteiger partial charge in [0, 0.05) is 18.9 Å². The fraction of sp³-hybridized carbons (Fsp3) is 0.235. The van der Waals surface area contributed by atoms with E-state index < -0.39 is 11.5 Å². The van der Waals surface area contributed by atoms with E-state index in [-0.39, 0.29) is 23.3 Å². The molecule has 0 atom stereocenters. The molecule has 0 fully saturated rings. The summed E-state index contributed by atoms with van der Waals surface area (Å²) in [6.45, 7) is 0.550. The molecule has 0 aliphatic rings. The average Bonchev–Trinajstić information content (AvgIpc) is 3.02. The molecule has 0 unspecified atom stereocenters. The molecule has 3 rings (SSSR count). The number of nitrogens with zero attached hydrogens (tertiary/aromatic N) is 2. The molecule has 0 spiro atoms. The first-order chi connectivity index (χ1) is 12.0. The number of carboxylic acid groups (broad SMARTS) is 1. The summed E-state index contributed by atoms with van der Waals surface area (Å²) >= 11 is 1.13. The van der Waals surface area contributed by atoms with Crippen molar-refractivity contribution in [1.29, 1.82) is 0 Å². The van der Waals surface area contributed by atoms with Gasteiger partial charge in [-0.05, 0) is 17.7 Å². The molecule has 0 saturated heterocycles. The lowest BCUT2D eigenvalue weighted by Gasteiger charge is -2.12. The zero-order valence-corrected chi connectivity index (χ0v) is 14.2. The second kappa shape index (κ2) is 7.12. The first kappa shape index (κ1) is 17.2. The van der Waals surface area contributed by atoms with Gasteiger partial charge >= 0.3 is 5.97 Å². The van der Waals surface area contributed by atoms with Crippen molar-refractivity contribution in [3.8, 4) is 0 Å². The second-order valence-corrected chi connectivity index (χ2v) is 6.28. The fourth-order valence-corrected chi connectivity index (χ4v) is 3.46. The molecule has 2 heterocycles. The zero-order chi connectivity index (χ0) is 18.0. The van der Waals surface area contributed by atoms with E-state index in [0.29, 0.717) is 23.7 Å². The maximum absolute atomic E-state index is 13.1. The number of thiophene rings is 1. The molecular weight excluding hydrogens is 347 g/mol. The normalized spacial score (nSPS) is 11.1. The molecule has 0 aliphatic carbocycles. The number of carbonyl (C=O) groups is 1. The number of aromatic nitrogens is 2. The highest BCUT2D eigenvalue weighted by molar-refractivity contribution is 7.17. The summed E-state index contributed by atoms with van der Waals surface area (Å²) in [5, 5.41) is 10.8. The summed E-state index contributed by atoms with van der Waals surface area (Å²) in [5.41, 5.74) is 0.248. The number of methoxy groups -OCH3 is 1. The van der Waals surface area contributed by atoms with Crippen LogP contribution in [0, 0.1) is 5.82 Å². The van der Waals surface area contributed by atoms with E-state index in [2.05, 4.69) is 4.98 Å². The smallest absolute Gasteiger partial charge is 0.337 e. The number of aromatic carboxylic acids is 1. The molecular formula is C17H15FN2O4S. The average molecular weight is 362 g/mol. The van der Waals surface area contributed by atoms with Crippen molar-refractivity contribution in [1.82, 2.24) is 9.55 Å². The van der Waals surface area contributed by atoms with Gasteiger partial charge in [0.25, 0.3) is 5.56 Å². The SMILES string of the molecule is COCCc1nc2scc(C(=O)O)c2c(=O)n1Cc1ccc(F)cc1. The van der Waals surface area contributed by atoms with Crippen LogP contribution in [-0.2, 0) is 17.7 Å². The highest BCUT2D eigenvalue weighted by Crippen LogP contribution is 2.22. The number of halogens is 1. The van der Waals surface area contributed by atoms with E-state index in [1.54, 1.807) is 19.2 Å². The zero-order valence-electron chi connectivity index (χ0n) is 13.4. The summed E-state index contributed by atoms with van der Waals surface area (Å²) in [6.07, 6.45) is 0.406. The van der Waals surface area contributed by atoms with Crippen LogP contribution in [0.3, 0.4) is 0 Å². The van der Waals surface area contributed by atoms with Gasteiger partial charge < -0.3 is 9.84 Å². The van der Waals surface area contributed by atoms with Gasteiger partial charge in [-0.2, -0.15) is 0 Å². The molecule has 0 radical (unpaired) electrons. The van der Waals surface area contributed by atoms with E-state index in [4.69, 9.17) is 4.74 Å². The van der Waals surface area contributed by atoms with E-state index in [1.165, 1.54) is 22.1 Å². The maximum Gasteiger partial charge on any atom is 0.337 e. The minimum atomic E-state index is -1.16. The number of ether oxygens (including phenoxy) is 1. The number of rotatable bonds is 6. The monoisotopic (exact) mass is 362 g/mol. The lowest BCUT2D eigenvalue weighted by atomic mass is 10.2. The maximum atomic E-state index is 13.1. The van der Waals surface area contributed by atoms with Crippen molar-refractivity contribution in [3.05, 3.63) is 62.8 Å². The van der Waals surface area contributed by atoms with Gasteiger partial charge in [-0.1, -0.05) is 12.1 Å². The Morgan fingerprint density at radius 3 is 2.72 bits per heavy atom. The van der Waals surface area contributed by atoms with Gasteiger partial charge in [0.2, 0.25) is 0 Å². The van der Waals surface area contributed by atoms with Crippen LogP contribution in [0.25, 0.3) is 10.2 Å². The summed E-state index contributed by atoms with van der Waals surface area (Å²) in [6, 6.07) is 5.79. The molecule has 0 aliphatic heterocycles. The molecule has 25 heavy (non-hydrogen) atoms. The highest BCUT2D eigenvalue weighted by Gasteiger charge is 2.19. The van der Waals surface area contributed by atoms with E-state index in [9.17, 15) is 19.1 Å². The van der Waals surface area contributed by atoms with Crippen LogP contribution in [0.4, 0.5) is 4.39 Å². The summed E-state index contributed by atoms with van der Waals surface area (Å²) in [7, 11) is 1.55. The van der Waals surface area contributed by atoms with Gasteiger partial charge in [-0.25, -0.2) is 14.2 Å². The number of carboxylic acids is 1. The summed E-state index contributed by atoms with van der Waals surface area (Å²) in [5.74, 6) is -1.03. The molecule has 6 nitrogen and oxygen atoms in total. The van der Waals surface area contributed by atoms with Crippen molar-refractivity contribution >= 4 is 27.5 Å². The lowest BCUT2D eigenvalue weighted by Crippen LogP contribution is -2.27. The number of fused-ring (bicyclic) bond motifs is 1. The van der Waals surface area contributed by atoms with Gasteiger partial charge in [-0.3, -0.25) is 9.36 Å². The predicted octanol–water partition coefficient (Wildman–Crippen LogP) is 2.53. The Hall–Kier alpha value is -2.58. The molecule has 0 amide bonds. The van der Waals surface area contributed by atoms with Crippen LogP contribution in [0.5, 0.6) is 0 Å². The van der Waals surface area contributed by atoms with Gasteiger partial charge in [0.05, 0.1) is 24.1 Å². The molecule has 1 aromatic carbocycles. The van der Waals surface area contributed by atoms with Gasteiger partial charge in [0.15, 0.2) is 0 Å². The lowest BCUT2D eigenvalue weighted by molar-refractivity contribution is 0.0699. The molecule has 3 aromatic rings. The van der Waals surface area contributed by atoms with E-state index in [0.717, 1.165) is 16.9 Å². The van der Waals surface area contributed by atoms with Gasteiger partial charge in [-0.15, -0.1) is 11.3 Å². The Balaban J connectivity index is 2.16. The molecule has 0 bridgehead atoms. The minimum absolute atomic E-state index is 0.0522. The van der Waals surface area contributed by atoms with Crippen LogP contribution in [0.2, 0.25) is 0 Å². The van der Waals surface area contributed by atoms with Crippen molar-refractivity contribution < 1.29 is 19.0 Å². The molecule has 8 heteroatoms.